The van der Waals surface area contributed by atoms with E-state index in [-0.39, 0.29) is 0 Å². The average Bonchev–Trinajstić information content (AvgIpc) is 2.42. The number of hydrogen-bond donors (Lipinski definition) is 0. The second-order valence-corrected chi connectivity index (χ2v) is 5.12. The summed E-state index contributed by atoms with van der Waals surface area (Å²) in [5.74, 6) is 0.724. The highest BCUT2D eigenvalue weighted by Gasteiger charge is 2.24. The monoisotopic (exact) mass is 206 g/mol. The molecule has 2 rings (SSSR count). The molecule has 0 amide bonds. The van der Waals surface area contributed by atoms with E-state index in [9.17, 15) is 0 Å². The molecule has 0 spiro atoms. The van der Waals surface area contributed by atoms with Gasteiger partial charge in [-0.15, -0.1) is 11.3 Å². The van der Waals surface area contributed by atoms with Crippen LogP contribution in [0.5, 0.6) is 0 Å². The van der Waals surface area contributed by atoms with E-state index in [1.807, 2.05) is 0 Å². The van der Waals surface area contributed by atoms with Crippen molar-refractivity contribution in [2.24, 2.45) is 0 Å². The third kappa shape index (κ3) is 1.80. The smallest absolute Gasteiger partial charge is 0.0941 e. The molecule has 3 heteroatoms. The Kier molecular flexibility index (Phi) is 2.83. The SMILES string of the molecule is Cc1sc(CCC#N)nc1C1CCC1. The van der Waals surface area contributed by atoms with Crippen molar-refractivity contribution >= 4 is 11.3 Å². The fraction of sp³-hybridized carbons (Fsp3) is 0.636. The molecule has 0 radical (unpaired) electrons. The highest BCUT2D eigenvalue weighted by Crippen LogP contribution is 2.38. The average molecular weight is 206 g/mol. The molecule has 1 aliphatic rings. The van der Waals surface area contributed by atoms with E-state index in [1.165, 1.54) is 29.8 Å². The van der Waals surface area contributed by atoms with Gasteiger partial charge in [-0.3, -0.25) is 0 Å². The predicted molar refractivity (Wildman–Crippen MR) is 57.4 cm³/mol. The van der Waals surface area contributed by atoms with Crippen LogP contribution in [-0.2, 0) is 6.42 Å². The summed E-state index contributed by atoms with van der Waals surface area (Å²) in [5, 5.41) is 9.64. The number of rotatable bonds is 3. The summed E-state index contributed by atoms with van der Waals surface area (Å²) in [6.45, 7) is 2.15. The van der Waals surface area contributed by atoms with Crippen molar-refractivity contribution in [1.82, 2.24) is 4.98 Å². The topological polar surface area (TPSA) is 36.7 Å². The maximum Gasteiger partial charge on any atom is 0.0941 e. The Hall–Kier alpha value is -0.880. The van der Waals surface area contributed by atoms with Crippen LogP contribution in [-0.4, -0.2) is 4.98 Å². The van der Waals surface area contributed by atoms with Crippen LogP contribution in [0, 0.1) is 18.3 Å². The lowest BCUT2D eigenvalue weighted by Crippen LogP contribution is -2.10. The lowest BCUT2D eigenvalue weighted by Gasteiger charge is -2.24. The van der Waals surface area contributed by atoms with Gasteiger partial charge in [0.25, 0.3) is 0 Å². The molecule has 1 fully saturated rings. The van der Waals surface area contributed by atoms with Crippen LogP contribution in [0.4, 0.5) is 0 Å². The molecule has 0 aromatic carbocycles. The second kappa shape index (κ2) is 4.10. The Bertz CT molecular complexity index is 358. The molecule has 0 saturated heterocycles. The molecule has 1 aromatic rings. The van der Waals surface area contributed by atoms with Gasteiger partial charge in [-0.25, -0.2) is 4.98 Å². The Labute approximate surface area is 88.6 Å². The fourth-order valence-electron chi connectivity index (χ4n) is 1.80. The highest BCUT2D eigenvalue weighted by atomic mass is 32.1. The fourth-order valence-corrected chi connectivity index (χ4v) is 2.81. The maximum atomic E-state index is 8.50. The first kappa shape index (κ1) is 9.67. The minimum atomic E-state index is 0.594. The summed E-state index contributed by atoms with van der Waals surface area (Å²) in [4.78, 5) is 6.00. The molecule has 0 aliphatic heterocycles. The van der Waals surface area contributed by atoms with Crippen molar-refractivity contribution in [3.63, 3.8) is 0 Å². The molecule has 74 valence electrons. The molecule has 14 heavy (non-hydrogen) atoms. The summed E-state index contributed by atoms with van der Waals surface area (Å²) >= 11 is 1.77. The molecule has 2 nitrogen and oxygen atoms in total. The van der Waals surface area contributed by atoms with Crippen LogP contribution >= 0.6 is 11.3 Å². The maximum absolute atomic E-state index is 8.50. The van der Waals surface area contributed by atoms with Crippen molar-refractivity contribution in [3.05, 3.63) is 15.6 Å². The lowest BCUT2D eigenvalue weighted by atomic mass is 9.82. The molecule has 0 atom stereocenters. The molecule has 1 saturated carbocycles. The summed E-state index contributed by atoms with van der Waals surface area (Å²) in [6, 6.07) is 2.17. The number of aryl methyl sites for hydroxylation is 2. The zero-order valence-electron chi connectivity index (χ0n) is 8.42. The van der Waals surface area contributed by atoms with Gasteiger partial charge in [0.15, 0.2) is 0 Å². The normalized spacial score (nSPS) is 16.3. The first-order chi connectivity index (χ1) is 6.81. The van der Waals surface area contributed by atoms with Crippen LogP contribution in [0.15, 0.2) is 0 Å². The molecular weight excluding hydrogens is 192 g/mol. The van der Waals surface area contributed by atoms with Crippen molar-refractivity contribution in [2.45, 2.75) is 44.9 Å². The largest absolute Gasteiger partial charge is 0.246 e. The van der Waals surface area contributed by atoms with Crippen molar-refractivity contribution in [2.75, 3.05) is 0 Å². The van der Waals surface area contributed by atoms with Crippen LogP contribution < -0.4 is 0 Å². The summed E-state index contributed by atoms with van der Waals surface area (Å²) in [6.07, 6.45) is 5.39. The first-order valence-electron chi connectivity index (χ1n) is 5.14. The molecular formula is C11H14N2S. The van der Waals surface area contributed by atoms with Crippen LogP contribution in [0.25, 0.3) is 0 Å². The minimum Gasteiger partial charge on any atom is -0.246 e. The summed E-state index contributed by atoms with van der Waals surface area (Å²) in [7, 11) is 0. The number of thiazole rings is 1. The summed E-state index contributed by atoms with van der Waals surface area (Å²) in [5.41, 5.74) is 1.31. The van der Waals surface area contributed by atoms with Gasteiger partial charge in [0, 0.05) is 23.6 Å². The van der Waals surface area contributed by atoms with Crippen LogP contribution in [0.3, 0.4) is 0 Å². The van der Waals surface area contributed by atoms with Gasteiger partial charge in [-0.2, -0.15) is 5.26 Å². The van der Waals surface area contributed by atoms with E-state index < -0.39 is 0 Å². The quantitative estimate of drug-likeness (QED) is 0.761. The first-order valence-corrected chi connectivity index (χ1v) is 5.96. The number of hydrogen-bond acceptors (Lipinski definition) is 3. The predicted octanol–water partition coefficient (Wildman–Crippen LogP) is 3.18. The molecule has 0 bridgehead atoms. The van der Waals surface area contributed by atoms with Gasteiger partial charge in [0.05, 0.1) is 16.8 Å². The van der Waals surface area contributed by atoms with E-state index in [1.54, 1.807) is 11.3 Å². The zero-order valence-corrected chi connectivity index (χ0v) is 9.23. The van der Waals surface area contributed by atoms with Gasteiger partial charge in [-0.05, 0) is 19.8 Å². The number of nitrogens with zero attached hydrogens (tertiary/aromatic N) is 2. The van der Waals surface area contributed by atoms with E-state index in [0.717, 1.165) is 17.3 Å². The Morgan fingerprint density at radius 3 is 2.93 bits per heavy atom. The second-order valence-electron chi connectivity index (χ2n) is 3.83. The van der Waals surface area contributed by atoms with Crippen molar-refractivity contribution < 1.29 is 0 Å². The van der Waals surface area contributed by atoms with E-state index in [0.29, 0.717) is 6.42 Å². The minimum absolute atomic E-state index is 0.594. The van der Waals surface area contributed by atoms with E-state index in [2.05, 4.69) is 18.0 Å². The third-order valence-corrected chi connectivity index (χ3v) is 3.87. The van der Waals surface area contributed by atoms with E-state index >= 15 is 0 Å². The molecule has 0 N–H and O–H groups in total. The lowest BCUT2D eigenvalue weighted by molar-refractivity contribution is 0.410. The Balaban J connectivity index is 2.09. The number of nitriles is 1. The van der Waals surface area contributed by atoms with Gasteiger partial charge in [-0.1, -0.05) is 6.42 Å². The van der Waals surface area contributed by atoms with Gasteiger partial charge in [0.2, 0.25) is 0 Å². The van der Waals surface area contributed by atoms with Crippen LogP contribution in [0.1, 0.15) is 47.2 Å². The Morgan fingerprint density at radius 2 is 2.36 bits per heavy atom. The Morgan fingerprint density at radius 1 is 1.57 bits per heavy atom. The van der Waals surface area contributed by atoms with Gasteiger partial charge < -0.3 is 0 Å². The molecule has 1 aromatic heterocycles. The standard InChI is InChI=1S/C11H14N2S/c1-8-11(9-4-2-5-9)13-10(14-8)6-3-7-12/h9H,2-6H2,1H3. The third-order valence-electron chi connectivity index (χ3n) is 2.82. The summed E-state index contributed by atoms with van der Waals surface area (Å²) < 4.78 is 0. The van der Waals surface area contributed by atoms with Crippen LogP contribution in [0.2, 0.25) is 0 Å². The zero-order chi connectivity index (χ0) is 9.97. The molecule has 1 heterocycles. The highest BCUT2D eigenvalue weighted by molar-refractivity contribution is 7.11. The number of aromatic nitrogens is 1. The van der Waals surface area contributed by atoms with Crippen molar-refractivity contribution in [3.8, 4) is 6.07 Å². The van der Waals surface area contributed by atoms with Gasteiger partial charge in [0.1, 0.15) is 0 Å². The molecule has 0 unspecified atom stereocenters. The van der Waals surface area contributed by atoms with E-state index in [4.69, 9.17) is 5.26 Å². The molecule has 1 aliphatic carbocycles. The van der Waals surface area contributed by atoms with Crippen molar-refractivity contribution in [1.29, 1.82) is 5.26 Å². The van der Waals surface area contributed by atoms with Gasteiger partial charge >= 0.3 is 0 Å².